The van der Waals surface area contributed by atoms with E-state index in [1.165, 1.54) is 6.34 Å². The Balaban J connectivity index is 3.20. The molecule has 0 aromatic heterocycles. The van der Waals surface area contributed by atoms with E-state index in [0.29, 0.717) is 10.7 Å². The normalized spacial score (nSPS) is 10.7. The van der Waals surface area contributed by atoms with Crippen molar-refractivity contribution in [3.05, 3.63) is 23.2 Å². The van der Waals surface area contributed by atoms with Gasteiger partial charge >= 0.3 is 0 Å². The average molecular weight is 187 g/mol. The summed E-state index contributed by atoms with van der Waals surface area (Å²) >= 11 is 9.94. The van der Waals surface area contributed by atoms with Crippen molar-refractivity contribution in [2.75, 3.05) is 0 Å². The molecule has 0 bridgehead atoms. The molecule has 0 atom stereocenters. The van der Waals surface area contributed by atoms with Crippen LogP contribution in [0.3, 0.4) is 0 Å². The largest absolute Gasteiger partial charge is 0.390 e. The van der Waals surface area contributed by atoms with Crippen molar-refractivity contribution in [3.63, 3.8) is 0 Å². The zero-order chi connectivity index (χ0) is 8.27. The van der Waals surface area contributed by atoms with Crippen molar-refractivity contribution < 1.29 is 0 Å². The van der Waals surface area contributed by atoms with Gasteiger partial charge in [-0.25, -0.2) is 4.99 Å². The number of benzene rings is 1. The molecular weight excluding hydrogens is 180 g/mol. The average Bonchev–Trinajstić information content (AvgIpc) is 1.97. The van der Waals surface area contributed by atoms with Gasteiger partial charge in [-0.15, -0.1) is 12.6 Å². The maximum absolute atomic E-state index is 5.79. The second-order valence-corrected chi connectivity index (χ2v) is 2.77. The Morgan fingerprint density at radius 3 is 2.82 bits per heavy atom. The highest BCUT2D eigenvalue weighted by Gasteiger charge is 1.99. The molecule has 0 saturated carbocycles. The molecule has 1 aromatic rings. The molecule has 0 aliphatic heterocycles. The van der Waals surface area contributed by atoms with Gasteiger partial charge in [-0.1, -0.05) is 17.7 Å². The molecule has 0 aliphatic carbocycles. The summed E-state index contributed by atoms with van der Waals surface area (Å²) in [4.78, 5) is 4.57. The number of thiol groups is 1. The van der Waals surface area contributed by atoms with Crippen molar-refractivity contribution in [1.29, 1.82) is 0 Å². The van der Waals surface area contributed by atoms with E-state index in [4.69, 9.17) is 17.3 Å². The van der Waals surface area contributed by atoms with Crippen LogP contribution in [0.5, 0.6) is 0 Å². The van der Waals surface area contributed by atoms with Crippen molar-refractivity contribution >= 4 is 36.3 Å². The molecule has 0 aliphatic rings. The van der Waals surface area contributed by atoms with Crippen molar-refractivity contribution in [1.82, 2.24) is 0 Å². The number of rotatable bonds is 1. The molecule has 2 nitrogen and oxygen atoms in total. The Morgan fingerprint density at radius 2 is 2.27 bits per heavy atom. The number of hydrogen-bond donors (Lipinski definition) is 2. The molecule has 0 radical (unpaired) electrons. The van der Waals surface area contributed by atoms with Crippen LogP contribution < -0.4 is 5.73 Å². The first-order valence-electron chi connectivity index (χ1n) is 2.97. The van der Waals surface area contributed by atoms with Gasteiger partial charge in [0.2, 0.25) is 0 Å². The van der Waals surface area contributed by atoms with Gasteiger partial charge in [0.25, 0.3) is 0 Å². The Kier molecular flexibility index (Phi) is 2.79. The summed E-state index contributed by atoms with van der Waals surface area (Å²) in [5.41, 5.74) is 5.73. The van der Waals surface area contributed by atoms with Gasteiger partial charge in [0.05, 0.1) is 17.0 Å². The molecule has 58 valence electrons. The fourth-order valence-electron chi connectivity index (χ4n) is 0.706. The van der Waals surface area contributed by atoms with Crippen LogP contribution in [-0.4, -0.2) is 6.34 Å². The van der Waals surface area contributed by atoms with E-state index in [1.54, 1.807) is 18.2 Å². The first kappa shape index (κ1) is 8.43. The van der Waals surface area contributed by atoms with E-state index < -0.39 is 0 Å². The maximum atomic E-state index is 5.79. The topological polar surface area (TPSA) is 38.4 Å². The fraction of sp³-hybridized carbons (Fsp3) is 0. The van der Waals surface area contributed by atoms with Crippen molar-refractivity contribution in [3.8, 4) is 0 Å². The summed E-state index contributed by atoms with van der Waals surface area (Å²) in [5.74, 6) is 0. The maximum Gasteiger partial charge on any atom is 0.0966 e. The number of para-hydroxylation sites is 1. The summed E-state index contributed by atoms with van der Waals surface area (Å²) in [6.07, 6.45) is 1.20. The third-order valence-electron chi connectivity index (χ3n) is 1.17. The van der Waals surface area contributed by atoms with Gasteiger partial charge in [0.1, 0.15) is 0 Å². The number of aliphatic imine (C=N–C) groups is 1. The minimum absolute atomic E-state index is 0.555. The summed E-state index contributed by atoms with van der Waals surface area (Å²) in [6.45, 7) is 0. The molecule has 0 fully saturated rings. The number of halogens is 1. The Morgan fingerprint density at radius 1 is 1.55 bits per heavy atom. The van der Waals surface area contributed by atoms with Crippen LogP contribution in [0.15, 0.2) is 28.1 Å². The zero-order valence-electron chi connectivity index (χ0n) is 5.66. The smallest absolute Gasteiger partial charge is 0.0966 e. The molecule has 1 rings (SSSR count). The minimum Gasteiger partial charge on any atom is -0.390 e. The predicted octanol–water partition coefficient (Wildman–Crippen LogP) is 2.25. The van der Waals surface area contributed by atoms with Gasteiger partial charge in [0, 0.05) is 4.90 Å². The lowest BCUT2D eigenvalue weighted by Gasteiger charge is -1.99. The first-order chi connectivity index (χ1) is 5.25. The van der Waals surface area contributed by atoms with Crippen LogP contribution in [0, 0.1) is 0 Å². The SMILES string of the molecule is NC=Nc1c(S)cccc1Cl. The monoisotopic (exact) mass is 186 g/mol. The summed E-state index contributed by atoms with van der Waals surface area (Å²) in [6, 6.07) is 5.35. The Bertz CT molecular complexity index is 266. The van der Waals surface area contributed by atoms with E-state index in [2.05, 4.69) is 17.6 Å². The summed E-state index contributed by atoms with van der Waals surface area (Å²) in [5, 5.41) is 0.555. The molecule has 0 saturated heterocycles. The second kappa shape index (κ2) is 3.64. The minimum atomic E-state index is 0.555. The number of nitrogens with zero attached hydrogens (tertiary/aromatic N) is 1. The van der Waals surface area contributed by atoms with Gasteiger partial charge in [-0.05, 0) is 12.1 Å². The van der Waals surface area contributed by atoms with E-state index in [-0.39, 0.29) is 0 Å². The van der Waals surface area contributed by atoms with E-state index in [0.717, 1.165) is 4.90 Å². The van der Waals surface area contributed by atoms with Crippen LogP contribution in [0.2, 0.25) is 5.02 Å². The van der Waals surface area contributed by atoms with Crippen LogP contribution >= 0.6 is 24.2 Å². The Labute approximate surface area is 75.5 Å². The molecule has 1 aromatic carbocycles. The summed E-state index contributed by atoms with van der Waals surface area (Å²) in [7, 11) is 0. The lowest BCUT2D eigenvalue weighted by Crippen LogP contribution is -1.87. The van der Waals surface area contributed by atoms with Crippen LogP contribution in [-0.2, 0) is 0 Å². The van der Waals surface area contributed by atoms with Crippen LogP contribution in [0.4, 0.5) is 5.69 Å². The standard InChI is InChI=1S/C7H7ClN2S/c8-5-2-1-3-6(11)7(5)10-4-9/h1-4,11H,(H2,9,10). The molecule has 0 heterocycles. The zero-order valence-corrected chi connectivity index (χ0v) is 7.31. The highest BCUT2D eigenvalue weighted by Crippen LogP contribution is 2.30. The number of nitrogens with two attached hydrogens (primary N) is 1. The van der Waals surface area contributed by atoms with Crippen LogP contribution in [0.25, 0.3) is 0 Å². The molecule has 11 heavy (non-hydrogen) atoms. The van der Waals surface area contributed by atoms with E-state index >= 15 is 0 Å². The quantitative estimate of drug-likeness (QED) is 0.394. The molecule has 0 amide bonds. The second-order valence-electron chi connectivity index (χ2n) is 1.89. The van der Waals surface area contributed by atoms with E-state index in [9.17, 15) is 0 Å². The highest BCUT2D eigenvalue weighted by molar-refractivity contribution is 7.80. The van der Waals surface area contributed by atoms with Crippen molar-refractivity contribution in [2.24, 2.45) is 10.7 Å². The lowest BCUT2D eigenvalue weighted by atomic mass is 10.3. The van der Waals surface area contributed by atoms with Gasteiger partial charge in [-0.2, -0.15) is 0 Å². The van der Waals surface area contributed by atoms with E-state index in [1.807, 2.05) is 0 Å². The van der Waals surface area contributed by atoms with Crippen molar-refractivity contribution in [2.45, 2.75) is 4.90 Å². The van der Waals surface area contributed by atoms with Gasteiger partial charge in [0.15, 0.2) is 0 Å². The molecule has 0 unspecified atom stereocenters. The predicted molar refractivity (Wildman–Crippen MR) is 51.0 cm³/mol. The Hall–Kier alpha value is -0.670. The third kappa shape index (κ3) is 1.88. The van der Waals surface area contributed by atoms with Gasteiger partial charge in [-0.3, -0.25) is 0 Å². The third-order valence-corrected chi connectivity index (χ3v) is 1.83. The highest BCUT2D eigenvalue weighted by atomic mass is 35.5. The lowest BCUT2D eigenvalue weighted by molar-refractivity contribution is 1.38. The molecule has 0 spiro atoms. The van der Waals surface area contributed by atoms with Crippen LogP contribution in [0.1, 0.15) is 0 Å². The first-order valence-corrected chi connectivity index (χ1v) is 3.80. The molecule has 2 N–H and O–H groups in total. The molecular formula is C7H7ClN2S. The summed E-state index contributed by atoms with van der Waals surface area (Å²) < 4.78 is 0. The van der Waals surface area contributed by atoms with Gasteiger partial charge < -0.3 is 5.73 Å². The fourth-order valence-corrected chi connectivity index (χ4v) is 1.26. The molecule has 4 heteroatoms. The number of hydrogen-bond acceptors (Lipinski definition) is 2.